The lowest BCUT2D eigenvalue weighted by Gasteiger charge is -2.50. The molecule has 164 valence electrons. The highest BCUT2D eigenvalue weighted by atomic mass is 17.2. The molecule has 6 atom stereocenters. The summed E-state index contributed by atoms with van der Waals surface area (Å²) in [7, 11) is 0. The maximum Gasteiger partial charge on any atom is 0.383 e. The third kappa shape index (κ3) is 3.58. The normalized spacial score (nSPS) is 33.1. The summed E-state index contributed by atoms with van der Waals surface area (Å²) in [4.78, 5) is 32.5. The van der Waals surface area contributed by atoms with Crippen molar-refractivity contribution < 1.29 is 34.7 Å². The second-order valence-corrected chi connectivity index (χ2v) is 9.44. The van der Waals surface area contributed by atoms with Crippen molar-refractivity contribution in [2.75, 3.05) is 0 Å². The minimum Gasteiger partial charge on any atom is -0.508 e. The lowest BCUT2D eigenvalue weighted by atomic mass is 9.55. The summed E-state index contributed by atoms with van der Waals surface area (Å²) in [5.74, 6) is -0.502. The quantitative estimate of drug-likeness (QED) is 0.511. The van der Waals surface area contributed by atoms with Crippen molar-refractivity contribution in [2.24, 2.45) is 17.3 Å². The molecule has 0 aromatic heterocycles. The highest BCUT2D eigenvalue weighted by Crippen LogP contribution is 2.61. The number of aliphatic hydroxyl groups excluding tert-OH is 2. The zero-order valence-electron chi connectivity index (χ0n) is 17.5. The second-order valence-electron chi connectivity index (χ2n) is 9.44. The summed E-state index contributed by atoms with van der Waals surface area (Å²) in [6, 6.07) is 3.38. The van der Waals surface area contributed by atoms with Gasteiger partial charge in [-0.25, -0.2) is 19.4 Å². The van der Waals surface area contributed by atoms with Gasteiger partial charge in [-0.05, 0) is 97.4 Å². The van der Waals surface area contributed by atoms with Crippen molar-refractivity contribution in [2.45, 2.75) is 76.9 Å². The van der Waals surface area contributed by atoms with Gasteiger partial charge in [-0.15, -0.1) is 0 Å². The number of rotatable bonds is 3. The number of hydrogen-bond donors (Lipinski definition) is 3. The van der Waals surface area contributed by atoms with Gasteiger partial charge in [0.25, 0.3) is 0 Å². The summed E-state index contributed by atoms with van der Waals surface area (Å²) in [6.07, 6.45) is 3.84. The number of carbonyl (C=O) groups is 2. The van der Waals surface area contributed by atoms with E-state index in [9.17, 15) is 19.8 Å². The largest absolute Gasteiger partial charge is 0.508 e. The van der Waals surface area contributed by atoms with Crippen molar-refractivity contribution in [1.29, 1.82) is 0 Å². The Morgan fingerprint density at radius 3 is 2.70 bits per heavy atom. The van der Waals surface area contributed by atoms with Crippen LogP contribution >= 0.6 is 0 Å². The number of hydrogen-bond acceptors (Lipinski definition) is 7. The molecule has 3 aliphatic carbocycles. The van der Waals surface area contributed by atoms with Gasteiger partial charge in [0.05, 0.1) is 12.5 Å². The van der Waals surface area contributed by atoms with Crippen LogP contribution in [0.25, 0.3) is 0 Å². The van der Waals surface area contributed by atoms with Gasteiger partial charge >= 0.3 is 11.9 Å². The highest BCUT2D eigenvalue weighted by molar-refractivity contribution is 5.77. The monoisotopic (exact) mass is 418 g/mol. The molecule has 7 heteroatoms. The third-order valence-corrected chi connectivity index (χ3v) is 7.73. The minimum absolute atomic E-state index is 0.0378. The van der Waals surface area contributed by atoms with E-state index < -0.39 is 18.0 Å². The average Bonchev–Trinajstić information content (AvgIpc) is 3.00. The Labute approximate surface area is 175 Å². The molecule has 1 aromatic carbocycles. The lowest BCUT2D eigenvalue weighted by molar-refractivity contribution is -0.263. The fraction of sp³-hybridized carbons (Fsp3) is 0.652. The summed E-state index contributed by atoms with van der Waals surface area (Å²) < 4.78 is 0. The molecular weight excluding hydrogens is 388 g/mol. The lowest BCUT2D eigenvalue weighted by Crippen LogP contribution is -2.44. The summed E-state index contributed by atoms with van der Waals surface area (Å²) in [5, 5.41) is 29.9. The molecule has 7 nitrogen and oxygen atoms in total. The number of benzene rings is 1. The van der Waals surface area contributed by atoms with Gasteiger partial charge < -0.3 is 15.3 Å². The molecule has 2 saturated carbocycles. The molecule has 0 bridgehead atoms. The first-order valence-electron chi connectivity index (χ1n) is 10.8. The molecule has 3 aliphatic rings. The van der Waals surface area contributed by atoms with Gasteiger partial charge in [0, 0.05) is 0 Å². The molecule has 0 aliphatic heterocycles. The van der Waals surface area contributed by atoms with Crippen LogP contribution < -0.4 is 0 Å². The first-order chi connectivity index (χ1) is 14.2. The number of fused-ring (bicyclic) bond motifs is 5. The Kier molecular flexibility index (Phi) is 5.53. The Hall–Kier alpha value is -2.12. The molecule has 4 rings (SSSR count). The minimum atomic E-state index is -1.38. The number of phenols is 1. The van der Waals surface area contributed by atoms with Crippen LogP contribution in [0, 0.1) is 17.3 Å². The van der Waals surface area contributed by atoms with Gasteiger partial charge in [-0.2, -0.15) is 0 Å². The van der Waals surface area contributed by atoms with Crippen molar-refractivity contribution in [1.82, 2.24) is 0 Å². The number of aliphatic hydroxyl groups is 2. The number of aromatic hydroxyl groups is 1. The Balaban J connectivity index is 1.58. The molecular formula is C23H30O7. The van der Waals surface area contributed by atoms with E-state index in [1.54, 1.807) is 12.1 Å². The topological polar surface area (TPSA) is 113 Å². The van der Waals surface area contributed by atoms with Crippen molar-refractivity contribution in [3.63, 3.8) is 0 Å². The molecule has 3 N–H and O–H groups in total. The molecule has 2 fully saturated rings. The zero-order valence-corrected chi connectivity index (χ0v) is 17.5. The first-order valence-corrected chi connectivity index (χ1v) is 10.8. The predicted octanol–water partition coefficient (Wildman–Crippen LogP) is 2.53. The smallest absolute Gasteiger partial charge is 0.383 e. The number of carbonyl (C=O) groups excluding carboxylic acids is 2. The van der Waals surface area contributed by atoms with E-state index in [1.807, 2.05) is 0 Å². The molecule has 1 unspecified atom stereocenters. The van der Waals surface area contributed by atoms with Crippen molar-refractivity contribution in [3.8, 4) is 5.75 Å². The Morgan fingerprint density at radius 1 is 1.20 bits per heavy atom. The van der Waals surface area contributed by atoms with Gasteiger partial charge in [0.15, 0.2) is 6.10 Å². The molecule has 0 radical (unpaired) electrons. The SMILES string of the molecule is CC(O)C(=O)OOC(=O)Cc1cc(O)cc2c1[C@H]1CC[C@]3(C)[C@@H](O)CC[C@H]3[C@@H]1CC2. The van der Waals surface area contributed by atoms with Crippen LogP contribution in [-0.4, -0.2) is 39.5 Å². The van der Waals surface area contributed by atoms with E-state index in [4.69, 9.17) is 5.11 Å². The Bertz CT molecular complexity index is 848. The van der Waals surface area contributed by atoms with Crippen LogP contribution in [-0.2, 0) is 32.2 Å². The standard InChI is InChI=1S/C23H30O7/c1-12(24)22(28)30-29-20(27)11-14-10-15(25)9-13-3-4-16-17(21(13)14)7-8-23(2)18(16)5-6-19(23)26/h9-10,12,16-19,24-26H,3-8,11H2,1-2H3/t12?,16-,17+,18+,19+,23+/m1/s1. The predicted molar refractivity (Wildman–Crippen MR) is 106 cm³/mol. The average molecular weight is 418 g/mol. The molecule has 0 saturated heterocycles. The van der Waals surface area contributed by atoms with Crippen LogP contribution in [0.5, 0.6) is 5.75 Å². The maximum absolute atomic E-state index is 12.3. The molecule has 1 aromatic rings. The van der Waals surface area contributed by atoms with E-state index in [-0.39, 0.29) is 29.6 Å². The second kappa shape index (κ2) is 7.85. The van der Waals surface area contributed by atoms with Gasteiger partial charge in [-0.1, -0.05) is 6.92 Å². The van der Waals surface area contributed by atoms with Crippen LogP contribution in [0.3, 0.4) is 0 Å². The van der Waals surface area contributed by atoms with Gasteiger partial charge in [-0.3, -0.25) is 0 Å². The van der Waals surface area contributed by atoms with E-state index in [1.165, 1.54) is 6.92 Å². The fourth-order valence-electron chi connectivity index (χ4n) is 6.28. The van der Waals surface area contributed by atoms with Crippen LogP contribution in [0.2, 0.25) is 0 Å². The highest BCUT2D eigenvalue weighted by Gasteiger charge is 2.54. The van der Waals surface area contributed by atoms with E-state index >= 15 is 0 Å². The van der Waals surface area contributed by atoms with Crippen LogP contribution in [0.4, 0.5) is 0 Å². The summed E-state index contributed by atoms with van der Waals surface area (Å²) >= 11 is 0. The third-order valence-electron chi connectivity index (χ3n) is 7.73. The zero-order chi connectivity index (χ0) is 21.6. The van der Waals surface area contributed by atoms with Crippen LogP contribution in [0.15, 0.2) is 12.1 Å². The van der Waals surface area contributed by atoms with Crippen molar-refractivity contribution in [3.05, 3.63) is 28.8 Å². The van der Waals surface area contributed by atoms with E-state index in [2.05, 4.69) is 16.7 Å². The maximum atomic E-state index is 12.3. The fourth-order valence-corrected chi connectivity index (χ4v) is 6.28. The molecule has 30 heavy (non-hydrogen) atoms. The number of aryl methyl sites for hydroxylation is 1. The number of phenolic OH excluding ortho intramolecular Hbond substituents is 1. The van der Waals surface area contributed by atoms with E-state index in [0.29, 0.717) is 17.4 Å². The van der Waals surface area contributed by atoms with E-state index in [0.717, 1.165) is 49.7 Å². The molecule has 0 spiro atoms. The molecule has 0 heterocycles. The van der Waals surface area contributed by atoms with Crippen LogP contribution in [0.1, 0.15) is 68.6 Å². The summed E-state index contributed by atoms with van der Waals surface area (Å²) in [6.45, 7) is 3.44. The van der Waals surface area contributed by atoms with Gasteiger partial charge in [0.2, 0.25) is 0 Å². The van der Waals surface area contributed by atoms with Gasteiger partial charge in [0.1, 0.15) is 5.75 Å². The first kappa shape index (κ1) is 21.1. The Morgan fingerprint density at radius 2 is 1.97 bits per heavy atom. The molecule has 0 amide bonds. The van der Waals surface area contributed by atoms with Crippen molar-refractivity contribution >= 4 is 11.9 Å². The summed E-state index contributed by atoms with van der Waals surface area (Å²) in [5.41, 5.74) is 2.82.